The molecule has 1 aliphatic carbocycles. The summed E-state index contributed by atoms with van der Waals surface area (Å²) in [6.45, 7) is 1.65. The van der Waals surface area contributed by atoms with Gasteiger partial charge in [0.1, 0.15) is 0 Å². The highest BCUT2D eigenvalue weighted by atomic mass is 16.4. The van der Waals surface area contributed by atoms with E-state index in [1.54, 1.807) is 6.92 Å². The SMILES string of the molecule is C1CC1.Cc1cc(C(=O)O)cc(C(=O)O)c1. The molecule has 86 valence electrons. The molecule has 4 heteroatoms. The molecule has 1 aromatic rings. The first kappa shape index (κ1) is 12.2. The van der Waals surface area contributed by atoms with Gasteiger partial charge in [0.25, 0.3) is 0 Å². The number of carbonyl (C=O) groups is 2. The molecule has 4 nitrogen and oxygen atoms in total. The Kier molecular flexibility index (Phi) is 4.05. The quantitative estimate of drug-likeness (QED) is 0.806. The summed E-state index contributed by atoms with van der Waals surface area (Å²) in [7, 11) is 0. The van der Waals surface area contributed by atoms with Crippen LogP contribution in [0.15, 0.2) is 18.2 Å². The first-order valence-corrected chi connectivity index (χ1v) is 5.09. The summed E-state index contributed by atoms with van der Waals surface area (Å²) in [5.74, 6) is -2.24. The van der Waals surface area contributed by atoms with Crippen LogP contribution >= 0.6 is 0 Å². The van der Waals surface area contributed by atoms with E-state index < -0.39 is 11.9 Å². The van der Waals surface area contributed by atoms with Crippen LogP contribution in [0, 0.1) is 6.92 Å². The van der Waals surface area contributed by atoms with Gasteiger partial charge in [-0.1, -0.05) is 19.3 Å². The van der Waals surface area contributed by atoms with Gasteiger partial charge in [0.15, 0.2) is 0 Å². The second kappa shape index (κ2) is 5.30. The summed E-state index contributed by atoms with van der Waals surface area (Å²) in [4.78, 5) is 21.1. The molecule has 0 radical (unpaired) electrons. The Morgan fingerprint density at radius 3 is 1.56 bits per heavy atom. The monoisotopic (exact) mass is 222 g/mol. The van der Waals surface area contributed by atoms with Gasteiger partial charge >= 0.3 is 11.9 Å². The summed E-state index contributed by atoms with van der Waals surface area (Å²) in [5.41, 5.74) is 0.618. The number of rotatable bonds is 2. The Hall–Kier alpha value is -1.84. The second-order valence-corrected chi connectivity index (χ2v) is 3.76. The van der Waals surface area contributed by atoms with E-state index in [0.717, 1.165) is 6.07 Å². The van der Waals surface area contributed by atoms with Gasteiger partial charge in [0.2, 0.25) is 0 Å². The zero-order valence-electron chi connectivity index (χ0n) is 9.06. The van der Waals surface area contributed by atoms with Crippen molar-refractivity contribution in [1.82, 2.24) is 0 Å². The van der Waals surface area contributed by atoms with Crippen LogP contribution in [0.2, 0.25) is 0 Å². The second-order valence-electron chi connectivity index (χ2n) is 3.76. The van der Waals surface area contributed by atoms with Crippen molar-refractivity contribution in [2.24, 2.45) is 0 Å². The molecular weight excluding hydrogens is 208 g/mol. The average molecular weight is 222 g/mol. The lowest BCUT2D eigenvalue weighted by molar-refractivity contribution is 0.0696. The molecule has 16 heavy (non-hydrogen) atoms. The molecule has 1 aliphatic rings. The van der Waals surface area contributed by atoms with Gasteiger partial charge in [0, 0.05) is 0 Å². The van der Waals surface area contributed by atoms with Crippen LogP contribution in [0.4, 0.5) is 0 Å². The van der Waals surface area contributed by atoms with E-state index in [1.165, 1.54) is 31.4 Å². The van der Waals surface area contributed by atoms with Gasteiger partial charge in [0.05, 0.1) is 11.1 Å². The predicted octanol–water partition coefficient (Wildman–Crippen LogP) is 2.56. The van der Waals surface area contributed by atoms with Crippen molar-refractivity contribution in [2.75, 3.05) is 0 Å². The smallest absolute Gasteiger partial charge is 0.335 e. The molecule has 2 rings (SSSR count). The Morgan fingerprint density at radius 1 is 0.938 bits per heavy atom. The maximum absolute atomic E-state index is 10.5. The van der Waals surface area contributed by atoms with Crippen molar-refractivity contribution < 1.29 is 19.8 Å². The van der Waals surface area contributed by atoms with Crippen molar-refractivity contribution in [1.29, 1.82) is 0 Å². The van der Waals surface area contributed by atoms with E-state index in [0.29, 0.717) is 5.56 Å². The van der Waals surface area contributed by atoms with Crippen LogP contribution in [-0.4, -0.2) is 22.2 Å². The van der Waals surface area contributed by atoms with Crippen molar-refractivity contribution >= 4 is 11.9 Å². The molecule has 0 heterocycles. The first-order chi connectivity index (χ1) is 7.50. The molecule has 0 spiro atoms. The Labute approximate surface area is 93.5 Å². The van der Waals surface area contributed by atoms with E-state index in [-0.39, 0.29) is 11.1 Å². The van der Waals surface area contributed by atoms with Crippen LogP contribution in [0.25, 0.3) is 0 Å². The summed E-state index contributed by atoms with van der Waals surface area (Å²) in [6, 6.07) is 3.99. The third-order valence-corrected chi connectivity index (χ3v) is 1.92. The van der Waals surface area contributed by atoms with Crippen molar-refractivity contribution in [3.05, 3.63) is 34.9 Å². The zero-order chi connectivity index (χ0) is 12.1. The van der Waals surface area contributed by atoms with Gasteiger partial charge < -0.3 is 10.2 Å². The lowest BCUT2D eigenvalue weighted by Gasteiger charge is -1.99. The lowest BCUT2D eigenvalue weighted by Crippen LogP contribution is -2.02. The van der Waals surface area contributed by atoms with Gasteiger partial charge in [-0.05, 0) is 30.7 Å². The number of aromatic carboxylic acids is 2. The van der Waals surface area contributed by atoms with E-state index >= 15 is 0 Å². The van der Waals surface area contributed by atoms with Crippen molar-refractivity contribution in [3.63, 3.8) is 0 Å². The van der Waals surface area contributed by atoms with Crippen LogP contribution in [0.1, 0.15) is 45.5 Å². The van der Waals surface area contributed by atoms with Crippen molar-refractivity contribution in [2.45, 2.75) is 26.2 Å². The van der Waals surface area contributed by atoms with Crippen LogP contribution in [0.5, 0.6) is 0 Å². The van der Waals surface area contributed by atoms with Crippen LogP contribution < -0.4 is 0 Å². The predicted molar refractivity (Wildman–Crippen MR) is 58.9 cm³/mol. The fraction of sp³-hybridized carbons (Fsp3) is 0.333. The standard InChI is InChI=1S/C9H8O4.C3H6/c1-5-2-6(8(10)11)4-7(3-5)9(12)13;1-2-3-1/h2-4H,1H3,(H,10,11)(H,12,13);1-3H2. The number of hydrogen-bond acceptors (Lipinski definition) is 2. The summed E-state index contributed by atoms with van der Waals surface area (Å²) < 4.78 is 0. The average Bonchev–Trinajstić information content (AvgIpc) is 3.03. The van der Waals surface area contributed by atoms with Crippen molar-refractivity contribution in [3.8, 4) is 0 Å². The van der Waals surface area contributed by atoms with Gasteiger partial charge in [-0.25, -0.2) is 9.59 Å². The summed E-state index contributed by atoms with van der Waals surface area (Å²) >= 11 is 0. The lowest BCUT2D eigenvalue weighted by atomic mass is 10.1. The molecule has 1 saturated carbocycles. The highest BCUT2D eigenvalue weighted by molar-refractivity contribution is 5.94. The molecule has 0 aliphatic heterocycles. The van der Waals surface area contributed by atoms with Gasteiger partial charge in [-0.3, -0.25) is 0 Å². The first-order valence-electron chi connectivity index (χ1n) is 5.09. The van der Waals surface area contributed by atoms with E-state index in [4.69, 9.17) is 10.2 Å². The molecule has 0 aromatic heterocycles. The molecule has 1 aromatic carbocycles. The number of benzene rings is 1. The topological polar surface area (TPSA) is 74.6 Å². The maximum atomic E-state index is 10.5. The number of hydrogen-bond donors (Lipinski definition) is 2. The van der Waals surface area contributed by atoms with E-state index in [9.17, 15) is 9.59 Å². The fourth-order valence-corrected chi connectivity index (χ4v) is 1.03. The molecule has 0 unspecified atom stereocenters. The zero-order valence-corrected chi connectivity index (χ0v) is 9.06. The highest BCUT2D eigenvalue weighted by Gasteiger charge is 2.09. The fourth-order valence-electron chi connectivity index (χ4n) is 1.03. The van der Waals surface area contributed by atoms with Gasteiger partial charge in [-0.15, -0.1) is 0 Å². The Morgan fingerprint density at radius 2 is 1.31 bits per heavy atom. The van der Waals surface area contributed by atoms with E-state index in [2.05, 4.69) is 0 Å². The van der Waals surface area contributed by atoms with Crippen LogP contribution in [-0.2, 0) is 0 Å². The Bertz CT molecular complexity index is 372. The molecule has 0 atom stereocenters. The highest BCUT2D eigenvalue weighted by Crippen LogP contribution is 2.14. The number of aryl methyl sites for hydroxylation is 1. The largest absolute Gasteiger partial charge is 0.478 e. The number of carboxylic acid groups (broad SMARTS) is 2. The molecule has 0 bridgehead atoms. The number of carboxylic acids is 2. The summed E-state index contributed by atoms with van der Waals surface area (Å²) in [5, 5.41) is 17.2. The minimum atomic E-state index is -1.12. The summed E-state index contributed by atoms with van der Waals surface area (Å²) in [6.07, 6.45) is 4.50. The minimum absolute atomic E-state index is 0.00241. The minimum Gasteiger partial charge on any atom is -0.478 e. The molecular formula is C12H14O4. The van der Waals surface area contributed by atoms with E-state index in [1.807, 2.05) is 0 Å². The molecule has 0 saturated heterocycles. The van der Waals surface area contributed by atoms with Gasteiger partial charge in [-0.2, -0.15) is 0 Å². The Balaban J connectivity index is 0.000000365. The molecule has 2 N–H and O–H groups in total. The molecule has 1 fully saturated rings. The maximum Gasteiger partial charge on any atom is 0.335 e. The molecule has 0 amide bonds. The third kappa shape index (κ3) is 4.13. The normalized spacial score (nSPS) is 12.3. The third-order valence-electron chi connectivity index (χ3n) is 1.92. The van der Waals surface area contributed by atoms with Crippen LogP contribution in [0.3, 0.4) is 0 Å².